The SMILES string of the molecule is CSc1ccc(Cc2c(C(C)C)n[nH]c2C)cc1. The number of hydrogen-bond acceptors (Lipinski definition) is 2. The van der Waals surface area contributed by atoms with E-state index in [1.165, 1.54) is 27.4 Å². The number of thioether (sulfide) groups is 1. The maximum Gasteiger partial charge on any atom is 0.0685 e. The second-order valence-electron chi connectivity index (χ2n) is 4.89. The van der Waals surface area contributed by atoms with Crippen LogP contribution in [0.5, 0.6) is 0 Å². The van der Waals surface area contributed by atoms with Gasteiger partial charge in [-0.3, -0.25) is 5.10 Å². The van der Waals surface area contributed by atoms with Gasteiger partial charge in [-0.15, -0.1) is 11.8 Å². The fourth-order valence-electron chi connectivity index (χ4n) is 2.12. The molecule has 96 valence electrons. The van der Waals surface area contributed by atoms with E-state index in [0.717, 1.165) is 6.42 Å². The molecular formula is C15H20N2S. The molecule has 0 saturated heterocycles. The highest BCUT2D eigenvalue weighted by atomic mass is 32.2. The zero-order valence-electron chi connectivity index (χ0n) is 11.4. The van der Waals surface area contributed by atoms with Crippen molar-refractivity contribution in [2.75, 3.05) is 6.26 Å². The molecule has 3 heteroatoms. The summed E-state index contributed by atoms with van der Waals surface area (Å²) in [6.07, 6.45) is 3.07. The van der Waals surface area contributed by atoms with Crippen LogP contribution in [0, 0.1) is 6.92 Å². The van der Waals surface area contributed by atoms with Crippen LogP contribution in [0.2, 0.25) is 0 Å². The Morgan fingerprint density at radius 3 is 2.44 bits per heavy atom. The van der Waals surface area contributed by atoms with Gasteiger partial charge in [0.15, 0.2) is 0 Å². The molecule has 0 spiro atoms. The minimum Gasteiger partial charge on any atom is -0.282 e. The van der Waals surface area contributed by atoms with Gasteiger partial charge in [0.1, 0.15) is 0 Å². The summed E-state index contributed by atoms with van der Waals surface area (Å²) < 4.78 is 0. The summed E-state index contributed by atoms with van der Waals surface area (Å²) in [5.74, 6) is 0.468. The van der Waals surface area contributed by atoms with Gasteiger partial charge in [0, 0.05) is 22.6 Å². The van der Waals surface area contributed by atoms with Crippen LogP contribution in [0.1, 0.15) is 42.3 Å². The lowest BCUT2D eigenvalue weighted by atomic mass is 9.98. The molecule has 1 aromatic carbocycles. The molecule has 2 aromatic rings. The van der Waals surface area contributed by atoms with Gasteiger partial charge in [0.2, 0.25) is 0 Å². The maximum atomic E-state index is 4.42. The van der Waals surface area contributed by atoms with Crippen molar-refractivity contribution >= 4 is 11.8 Å². The van der Waals surface area contributed by atoms with Gasteiger partial charge in [-0.05, 0) is 36.8 Å². The van der Waals surface area contributed by atoms with Crippen LogP contribution in [0.25, 0.3) is 0 Å². The van der Waals surface area contributed by atoms with Crippen molar-refractivity contribution in [1.29, 1.82) is 0 Å². The van der Waals surface area contributed by atoms with Gasteiger partial charge >= 0.3 is 0 Å². The summed E-state index contributed by atoms with van der Waals surface area (Å²) in [4.78, 5) is 1.31. The number of aromatic nitrogens is 2. The second kappa shape index (κ2) is 5.61. The monoisotopic (exact) mass is 260 g/mol. The highest BCUT2D eigenvalue weighted by molar-refractivity contribution is 7.98. The number of rotatable bonds is 4. The largest absolute Gasteiger partial charge is 0.282 e. The van der Waals surface area contributed by atoms with E-state index in [1.807, 2.05) is 0 Å². The maximum absolute atomic E-state index is 4.42. The molecule has 0 saturated carbocycles. The van der Waals surface area contributed by atoms with Crippen molar-refractivity contribution in [2.24, 2.45) is 0 Å². The molecule has 0 bridgehead atoms. The average Bonchev–Trinajstić information content (AvgIpc) is 2.72. The Morgan fingerprint density at radius 2 is 1.89 bits per heavy atom. The first-order chi connectivity index (χ1) is 8.61. The highest BCUT2D eigenvalue weighted by Gasteiger charge is 2.13. The molecule has 2 rings (SSSR count). The van der Waals surface area contributed by atoms with Crippen LogP contribution in [0.15, 0.2) is 29.2 Å². The van der Waals surface area contributed by atoms with E-state index in [2.05, 4.69) is 61.5 Å². The van der Waals surface area contributed by atoms with Gasteiger partial charge in [-0.25, -0.2) is 0 Å². The van der Waals surface area contributed by atoms with Crippen LogP contribution < -0.4 is 0 Å². The van der Waals surface area contributed by atoms with Crippen molar-refractivity contribution in [1.82, 2.24) is 10.2 Å². The van der Waals surface area contributed by atoms with Gasteiger partial charge in [0.25, 0.3) is 0 Å². The third-order valence-electron chi connectivity index (χ3n) is 3.19. The van der Waals surface area contributed by atoms with Gasteiger partial charge in [-0.2, -0.15) is 5.10 Å². The first-order valence-corrected chi connectivity index (χ1v) is 7.51. The topological polar surface area (TPSA) is 28.7 Å². The summed E-state index contributed by atoms with van der Waals surface area (Å²) in [7, 11) is 0. The van der Waals surface area contributed by atoms with Crippen LogP contribution in [-0.4, -0.2) is 16.5 Å². The van der Waals surface area contributed by atoms with E-state index >= 15 is 0 Å². The Balaban J connectivity index is 2.25. The molecule has 18 heavy (non-hydrogen) atoms. The molecule has 0 unspecified atom stereocenters. The van der Waals surface area contributed by atoms with Crippen molar-refractivity contribution in [3.8, 4) is 0 Å². The fraction of sp³-hybridized carbons (Fsp3) is 0.400. The third-order valence-corrected chi connectivity index (χ3v) is 3.94. The molecule has 0 amide bonds. The van der Waals surface area contributed by atoms with E-state index in [9.17, 15) is 0 Å². The Morgan fingerprint density at radius 1 is 1.22 bits per heavy atom. The van der Waals surface area contributed by atoms with E-state index in [4.69, 9.17) is 0 Å². The lowest BCUT2D eigenvalue weighted by Crippen LogP contribution is -1.97. The standard InChI is InChI=1S/C15H20N2S/c1-10(2)15-14(11(3)16-17-15)9-12-5-7-13(18-4)8-6-12/h5-8,10H,9H2,1-4H3,(H,16,17). The van der Waals surface area contributed by atoms with E-state index in [1.54, 1.807) is 11.8 Å². The number of benzene rings is 1. The zero-order valence-corrected chi connectivity index (χ0v) is 12.3. The minimum atomic E-state index is 0.468. The van der Waals surface area contributed by atoms with Crippen LogP contribution in [-0.2, 0) is 6.42 Å². The molecule has 0 atom stereocenters. The summed E-state index contributed by atoms with van der Waals surface area (Å²) >= 11 is 1.78. The number of H-pyrrole nitrogens is 1. The van der Waals surface area contributed by atoms with Crippen LogP contribution in [0.3, 0.4) is 0 Å². The fourth-order valence-corrected chi connectivity index (χ4v) is 2.53. The number of nitrogens with one attached hydrogen (secondary N) is 1. The van der Waals surface area contributed by atoms with Crippen molar-refractivity contribution in [2.45, 2.75) is 38.0 Å². The van der Waals surface area contributed by atoms with Gasteiger partial charge in [0.05, 0.1) is 5.69 Å². The molecule has 0 fully saturated rings. The highest BCUT2D eigenvalue weighted by Crippen LogP contribution is 2.23. The summed E-state index contributed by atoms with van der Waals surface area (Å²) in [5.41, 5.74) is 5.08. The van der Waals surface area contributed by atoms with E-state index in [0.29, 0.717) is 5.92 Å². The minimum absolute atomic E-state index is 0.468. The van der Waals surface area contributed by atoms with Gasteiger partial charge in [-0.1, -0.05) is 26.0 Å². The van der Waals surface area contributed by atoms with Crippen molar-refractivity contribution < 1.29 is 0 Å². The average molecular weight is 260 g/mol. The first kappa shape index (κ1) is 13.2. The molecule has 1 heterocycles. The van der Waals surface area contributed by atoms with Crippen molar-refractivity contribution in [3.63, 3.8) is 0 Å². The molecule has 1 N–H and O–H groups in total. The number of nitrogens with zero attached hydrogens (tertiary/aromatic N) is 1. The van der Waals surface area contributed by atoms with Crippen LogP contribution >= 0.6 is 11.8 Å². The Bertz CT molecular complexity index is 512. The molecular weight excluding hydrogens is 240 g/mol. The predicted molar refractivity (Wildman–Crippen MR) is 78.4 cm³/mol. The van der Waals surface area contributed by atoms with Gasteiger partial charge < -0.3 is 0 Å². The first-order valence-electron chi connectivity index (χ1n) is 6.28. The Labute approximate surface area is 113 Å². The van der Waals surface area contributed by atoms with E-state index in [-0.39, 0.29) is 0 Å². The second-order valence-corrected chi connectivity index (χ2v) is 5.77. The molecule has 0 aliphatic carbocycles. The summed E-state index contributed by atoms with van der Waals surface area (Å²) in [6, 6.07) is 8.79. The smallest absolute Gasteiger partial charge is 0.0685 e. The molecule has 0 aliphatic rings. The third kappa shape index (κ3) is 2.78. The molecule has 0 radical (unpaired) electrons. The number of aryl methyl sites for hydroxylation is 1. The lowest BCUT2D eigenvalue weighted by Gasteiger charge is -2.07. The summed E-state index contributed by atoms with van der Waals surface area (Å²) in [5, 5.41) is 7.52. The normalized spacial score (nSPS) is 11.2. The lowest BCUT2D eigenvalue weighted by molar-refractivity contribution is 0.799. The number of aromatic amines is 1. The van der Waals surface area contributed by atoms with Crippen molar-refractivity contribution in [3.05, 3.63) is 46.8 Å². The Kier molecular flexibility index (Phi) is 4.12. The quantitative estimate of drug-likeness (QED) is 0.836. The number of hydrogen-bond donors (Lipinski definition) is 1. The molecule has 0 aliphatic heterocycles. The Hall–Kier alpha value is -1.22. The summed E-state index contributed by atoms with van der Waals surface area (Å²) in [6.45, 7) is 6.48. The van der Waals surface area contributed by atoms with Crippen LogP contribution in [0.4, 0.5) is 0 Å². The van der Waals surface area contributed by atoms with E-state index < -0.39 is 0 Å². The zero-order chi connectivity index (χ0) is 13.1. The molecule has 2 nitrogen and oxygen atoms in total. The molecule has 1 aromatic heterocycles. The predicted octanol–water partition coefficient (Wildman–Crippen LogP) is 4.15.